The first-order valence-electron chi connectivity index (χ1n) is 9.16. The van der Waals surface area contributed by atoms with Crippen molar-refractivity contribution in [3.05, 3.63) is 72.1 Å². The van der Waals surface area contributed by atoms with Gasteiger partial charge in [0.15, 0.2) is 5.16 Å². The Labute approximate surface area is 163 Å². The van der Waals surface area contributed by atoms with Crippen molar-refractivity contribution in [1.29, 1.82) is 0 Å². The van der Waals surface area contributed by atoms with Crippen molar-refractivity contribution in [2.75, 3.05) is 12.8 Å². The van der Waals surface area contributed by atoms with Gasteiger partial charge in [-0.05, 0) is 42.5 Å². The van der Waals surface area contributed by atoms with Crippen molar-refractivity contribution < 1.29 is 4.79 Å². The van der Waals surface area contributed by atoms with Crippen LogP contribution in [0.2, 0.25) is 0 Å². The van der Waals surface area contributed by atoms with Gasteiger partial charge < -0.3 is 4.90 Å². The van der Waals surface area contributed by atoms with E-state index in [-0.39, 0.29) is 11.9 Å². The van der Waals surface area contributed by atoms with Gasteiger partial charge in [-0.25, -0.2) is 0 Å². The number of fused-ring (bicyclic) bond motifs is 1. The average molecular weight is 379 g/mol. The van der Waals surface area contributed by atoms with Crippen LogP contribution < -0.4 is 0 Å². The standard InChI is InChI=1S/C21H22N4OS/c1-24(19-13-7-9-16-8-5-6-12-18(16)19)20(26)14-27-21-23-22-15-25(21)17-10-3-2-4-11-17/h2-6,8,10-12,15,19H,7,9,13-14H2,1H3/t19-/m0/s1. The molecule has 27 heavy (non-hydrogen) atoms. The highest BCUT2D eigenvalue weighted by molar-refractivity contribution is 7.99. The van der Waals surface area contributed by atoms with E-state index in [2.05, 4.69) is 34.5 Å². The molecule has 1 aromatic heterocycles. The van der Waals surface area contributed by atoms with Gasteiger partial charge in [0.05, 0.1) is 11.8 Å². The number of hydrogen-bond acceptors (Lipinski definition) is 4. The summed E-state index contributed by atoms with van der Waals surface area (Å²) < 4.78 is 1.91. The minimum absolute atomic E-state index is 0.115. The zero-order chi connectivity index (χ0) is 18.6. The summed E-state index contributed by atoms with van der Waals surface area (Å²) in [6, 6.07) is 18.6. The Balaban J connectivity index is 1.45. The van der Waals surface area contributed by atoms with Gasteiger partial charge in [-0.3, -0.25) is 9.36 Å². The SMILES string of the molecule is CN(C(=O)CSc1nncn1-c1ccccc1)[C@H]1CCCc2ccccc21. The van der Waals surface area contributed by atoms with Crippen LogP contribution in [0.5, 0.6) is 0 Å². The summed E-state index contributed by atoms with van der Waals surface area (Å²) >= 11 is 1.43. The van der Waals surface area contributed by atoms with E-state index >= 15 is 0 Å². The Bertz CT molecular complexity index is 925. The van der Waals surface area contributed by atoms with E-state index < -0.39 is 0 Å². The van der Waals surface area contributed by atoms with Crippen molar-refractivity contribution in [1.82, 2.24) is 19.7 Å². The quantitative estimate of drug-likeness (QED) is 0.632. The highest BCUT2D eigenvalue weighted by atomic mass is 32.2. The van der Waals surface area contributed by atoms with Crippen molar-refractivity contribution in [2.45, 2.75) is 30.5 Å². The summed E-state index contributed by atoms with van der Waals surface area (Å²) in [5, 5.41) is 8.91. The van der Waals surface area contributed by atoms with Crippen LogP contribution in [-0.2, 0) is 11.2 Å². The fourth-order valence-corrected chi connectivity index (χ4v) is 4.47. The normalized spacial score (nSPS) is 16.0. The molecule has 6 heteroatoms. The Hall–Kier alpha value is -2.60. The van der Waals surface area contributed by atoms with Crippen molar-refractivity contribution >= 4 is 17.7 Å². The molecular weight excluding hydrogens is 356 g/mol. The van der Waals surface area contributed by atoms with Gasteiger partial charge >= 0.3 is 0 Å². The molecule has 0 radical (unpaired) electrons. The third-order valence-electron chi connectivity index (χ3n) is 5.07. The van der Waals surface area contributed by atoms with E-state index in [1.807, 2.05) is 46.8 Å². The van der Waals surface area contributed by atoms with E-state index in [1.54, 1.807) is 6.33 Å². The molecule has 3 aromatic rings. The smallest absolute Gasteiger partial charge is 0.233 e. The summed E-state index contributed by atoms with van der Waals surface area (Å²) in [7, 11) is 1.91. The Kier molecular flexibility index (Phi) is 5.25. The number of aromatic nitrogens is 3. The molecule has 0 spiro atoms. The number of benzene rings is 2. The van der Waals surface area contributed by atoms with Gasteiger partial charge in [0.25, 0.3) is 0 Å². The fraction of sp³-hybridized carbons (Fsp3) is 0.286. The zero-order valence-electron chi connectivity index (χ0n) is 15.3. The van der Waals surface area contributed by atoms with Crippen molar-refractivity contribution in [3.8, 4) is 5.69 Å². The molecule has 1 amide bonds. The molecule has 1 atom stereocenters. The van der Waals surface area contributed by atoms with Crippen LogP contribution in [-0.4, -0.2) is 38.4 Å². The molecule has 2 aromatic carbocycles. The number of carbonyl (C=O) groups excluding carboxylic acids is 1. The molecule has 0 unspecified atom stereocenters. The molecule has 0 saturated carbocycles. The van der Waals surface area contributed by atoms with E-state index in [0.29, 0.717) is 5.75 Å². The summed E-state index contributed by atoms with van der Waals surface area (Å²) in [5.74, 6) is 0.463. The van der Waals surface area contributed by atoms with Crippen molar-refractivity contribution in [2.24, 2.45) is 0 Å². The second-order valence-electron chi connectivity index (χ2n) is 6.72. The summed E-state index contributed by atoms with van der Waals surface area (Å²) in [5.41, 5.74) is 3.65. The summed E-state index contributed by atoms with van der Waals surface area (Å²) in [6.07, 6.45) is 4.92. The van der Waals surface area contributed by atoms with E-state index in [0.717, 1.165) is 30.1 Å². The molecule has 0 saturated heterocycles. The largest absolute Gasteiger partial charge is 0.338 e. The van der Waals surface area contributed by atoms with Crippen LogP contribution in [0.15, 0.2) is 66.1 Å². The lowest BCUT2D eigenvalue weighted by molar-refractivity contribution is -0.129. The maximum absolute atomic E-state index is 12.8. The number of rotatable bonds is 5. The highest BCUT2D eigenvalue weighted by Crippen LogP contribution is 2.34. The van der Waals surface area contributed by atoms with Crippen LogP contribution >= 0.6 is 11.8 Å². The molecule has 1 heterocycles. The first-order chi connectivity index (χ1) is 13.2. The molecule has 1 aliphatic rings. The summed E-state index contributed by atoms with van der Waals surface area (Å²) in [6.45, 7) is 0. The number of aryl methyl sites for hydroxylation is 1. The van der Waals surface area contributed by atoms with Crippen LogP contribution in [0.4, 0.5) is 0 Å². The molecule has 0 aliphatic heterocycles. The predicted molar refractivity (Wildman–Crippen MR) is 107 cm³/mol. The molecule has 4 rings (SSSR count). The Morgan fingerprint density at radius 2 is 1.96 bits per heavy atom. The molecule has 1 aliphatic carbocycles. The van der Waals surface area contributed by atoms with Gasteiger partial charge in [-0.15, -0.1) is 10.2 Å². The number of carbonyl (C=O) groups is 1. The number of thioether (sulfide) groups is 1. The third-order valence-corrected chi connectivity index (χ3v) is 6.00. The Morgan fingerprint density at radius 3 is 2.81 bits per heavy atom. The lowest BCUT2D eigenvalue weighted by Crippen LogP contribution is -2.34. The van der Waals surface area contributed by atoms with Crippen molar-refractivity contribution in [3.63, 3.8) is 0 Å². The van der Waals surface area contributed by atoms with Gasteiger partial charge in [-0.1, -0.05) is 54.2 Å². The van der Waals surface area contributed by atoms with Gasteiger partial charge in [0.1, 0.15) is 6.33 Å². The molecule has 0 N–H and O–H groups in total. The van der Waals surface area contributed by atoms with Gasteiger partial charge in [-0.2, -0.15) is 0 Å². The topological polar surface area (TPSA) is 51.0 Å². The summed E-state index contributed by atoms with van der Waals surface area (Å²) in [4.78, 5) is 14.7. The Morgan fingerprint density at radius 1 is 1.19 bits per heavy atom. The maximum atomic E-state index is 12.8. The molecular formula is C21H22N4OS. The predicted octanol–water partition coefficient (Wildman–Crippen LogP) is 3.90. The zero-order valence-corrected chi connectivity index (χ0v) is 16.1. The van der Waals surface area contributed by atoms with E-state index in [1.165, 1.54) is 22.9 Å². The average Bonchev–Trinajstić information content (AvgIpc) is 3.20. The highest BCUT2D eigenvalue weighted by Gasteiger charge is 2.26. The van der Waals surface area contributed by atoms with Gasteiger partial charge in [0, 0.05) is 12.7 Å². The molecule has 5 nitrogen and oxygen atoms in total. The molecule has 0 bridgehead atoms. The number of hydrogen-bond donors (Lipinski definition) is 0. The number of amides is 1. The van der Waals surface area contributed by atoms with Gasteiger partial charge in [0.2, 0.25) is 5.91 Å². The van der Waals surface area contributed by atoms with E-state index in [4.69, 9.17) is 0 Å². The molecule has 0 fully saturated rings. The first kappa shape index (κ1) is 17.8. The van der Waals surface area contributed by atoms with E-state index in [9.17, 15) is 4.79 Å². The molecule has 138 valence electrons. The lowest BCUT2D eigenvalue weighted by Gasteiger charge is -2.33. The van der Waals surface area contributed by atoms with Crippen LogP contribution in [0, 0.1) is 0 Å². The lowest BCUT2D eigenvalue weighted by atomic mass is 9.87. The van der Waals surface area contributed by atoms with Crippen LogP contribution in [0.1, 0.15) is 30.0 Å². The first-order valence-corrected chi connectivity index (χ1v) is 10.1. The second kappa shape index (κ2) is 7.96. The number of nitrogens with zero attached hydrogens (tertiary/aromatic N) is 4. The maximum Gasteiger partial charge on any atom is 0.233 e. The number of para-hydroxylation sites is 1. The minimum atomic E-state index is 0.115. The minimum Gasteiger partial charge on any atom is -0.338 e. The van der Waals surface area contributed by atoms with Crippen LogP contribution in [0.3, 0.4) is 0 Å². The van der Waals surface area contributed by atoms with Crippen LogP contribution in [0.25, 0.3) is 5.69 Å². The third kappa shape index (κ3) is 3.76. The monoisotopic (exact) mass is 378 g/mol. The second-order valence-corrected chi connectivity index (χ2v) is 7.66. The fourth-order valence-electron chi connectivity index (χ4n) is 3.62.